The van der Waals surface area contributed by atoms with Crippen molar-refractivity contribution in [3.05, 3.63) is 155 Å². The molecule has 0 bridgehead atoms. The first-order valence-corrected chi connectivity index (χ1v) is 46.3. The minimum absolute atomic E-state index is 0. The molecule has 3 aromatic carbocycles. The van der Waals surface area contributed by atoms with E-state index in [-0.39, 0.29) is 132 Å². The molecule has 0 unspecified atom stereocenters. The molecular formula is C70H85N15O18S9. The van der Waals surface area contributed by atoms with Crippen LogP contribution >= 0.6 is 34.0 Å². The summed E-state index contributed by atoms with van der Waals surface area (Å²) in [6.45, 7) is 12.9. The molecule has 602 valence electrons. The van der Waals surface area contributed by atoms with Crippen LogP contribution in [-0.2, 0) is 79.8 Å². The molecule has 9 aromatic rings. The zero-order valence-electron chi connectivity index (χ0n) is 62.7. The third-order valence-electron chi connectivity index (χ3n) is 17.8. The number of aromatic nitrogens is 6. The Bertz CT molecular complexity index is 6140. The molecule has 0 aliphatic carbocycles. The number of aryl methyl sites for hydroxylation is 3. The summed E-state index contributed by atoms with van der Waals surface area (Å²) in [6.07, 6.45) is 4.99. The summed E-state index contributed by atoms with van der Waals surface area (Å²) in [5.41, 5.74) is -0.867. The van der Waals surface area contributed by atoms with Gasteiger partial charge in [0.05, 0.1) is 74.6 Å². The first kappa shape index (κ1) is 86.3. The SMILES string of the molecule is C.CC(C)CCn1nc(-c2cccs2)c(O)c(C2=NS(=O)(=O)c3cc(N(C)S(C)(=O)=O)ccc3N2)c1=O.CC(C)CCn1nc(-c2cccs2)c(O)c(C2=NS(=O)(=O)c3cc(N(C)S(C)(=O)=O)ccc3N2C)c1=O.COc1c(-c2cccs2)nn(CCC(C)C)c(=O)c1C1=NS(=O)(=O)c2cc(N(C)S(C)(=O)=O)ccc2N1C. The zero-order valence-corrected chi connectivity index (χ0v) is 70.1. The van der Waals surface area contributed by atoms with Crippen molar-refractivity contribution in [3.63, 3.8) is 0 Å². The molecule has 0 saturated carbocycles. The first-order chi connectivity index (χ1) is 51.8. The van der Waals surface area contributed by atoms with E-state index in [0.717, 1.165) is 36.6 Å². The molecule has 6 aromatic heterocycles. The van der Waals surface area contributed by atoms with Crippen LogP contribution in [0.15, 0.2) is 149 Å². The normalized spacial score (nSPS) is 14.7. The molecule has 0 saturated heterocycles. The van der Waals surface area contributed by atoms with Gasteiger partial charge in [0, 0.05) is 54.9 Å². The van der Waals surface area contributed by atoms with Crippen molar-refractivity contribution in [3.8, 4) is 49.0 Å². The van der Waals surface area contributed by atoms with Gasteiger partial charge in [-0.2, -0.15) is 40.5 Å². The average Bonchev–Trinajstić information content (AvgIpc) is 0.774. The average molecular weight is 1710 g/mol. The van der Waals surface area contributed by atoms with Gasteiger partial charge in [0.1, 0.15) is 48.5 Å². The van der Waals surface area contributed by atoms with E-state index in [4.69, 9.17) is 4.74 Å². The Morgan fingerprint density at radius 2 is 0.812 bits per heavy atom. The van der Waals surface area contributed by atoms with E-state index in [0.29, 0.717) is 47.2 Å². The third kappa shape index (κ3) is 18.0. The summed E-state index contributed by atoms with van der Waals surface area (Å²) in [7, 11) is -15.5. The van der Waals surface area contributed by atoms with Gasteiger partial charge < -0.3 is 30.1 Å². The lowest BCUT2D eigenvalue weighted by atomic mass is 10.1. The second-order valence-electron chi connectivity index (χ2n) is 27.1. The van der Waals surface area contributed by atoms with Crippen molar-refractivity contribution in [1.29, 1.82) is 0 Å². The summed E-state index contributed by atoms with van der Waals surface area (Å²) in [5, 5.41) is 43.8. The minimum atomic E-state index is -4.36. The van der Waals surface area contributed by atoms with E-state index < -0.39 is 88.3 Å². The minimum Gasteiger partial charge on any atom is -0.505 e. The number of aromatic hydroxyl groups is 2. The molecule has 3 aliphatic rings. The number of hydrogen-bond donors (Lipinski definition) is 3. The second kappa shape index (κ2) is 33.2. The smallest absolute Gasteiger partial charge is 0.286 e. The largest absolute Gasteiger partial charge is 0.505 e. The molecule has 0 spiro atoms. The Balaban J connectivity index is 0.000000192. The summed E-state index contributed by atoms with van der Waals surface area (Å²) in [5.74, 6) is -0.674. The molecule has 112 heavy (non-hydrogen) atoms. The van der Waals surface area contributed by atoms with E-state index in [1.54, 1.807) is 42.1 Å². The third-order valence-corrected chi connectivity index (χ3v) is 27.9. The summed E-state index contributed by atoms with van der Waals surface area (Å²) >= 11 is 4.04. The fraction of sp³-hybridized carbons (Fsp3) is 0.357. The molecule has 0 atom stereocenters. The quantitative estimate of drug-likeness (QED) is 0.0569. The van der Waals surface area contributed by atoms with E-state index in [1.807, 2.05) is 59.1 Å². The van der Waals surface area contributed by atoms with Crippen LogP contribution in [0.1, 0.15) is 84.9 Å². The highest BCUT2D eigenvalue weighted by atomic mass is 32.2. The topological polar surface area (TPSA) is 425 Å². The first-order valence-electron chi connectivity index (χ1n) is 33.8. The van der Waals surface area contributed by atoms with Crippen LogP contribution in [0.3, 0.4) is 0 Å². The van der Waals surface area contributed by atoms with Gasteiger partial charge >= 0.3 is 0 Å². The summed E-state index contributed by atoms with van der Waals surface area (Å²) in [4.78, 5) is 44.8. The molecule has 0 fully saturated rings. The molecule has 33 nitrogen and oxygen atoms in total. The van der Waals surface area contributed by atoms with E-state index >= 15 is 0 Å². The number of ether oxygens (including phenoxy) is 1. The number of amidine groups is 3. The number of thiophene rings is 3. The highest BCUT2D eigenvalue weighted by Crippen LogP contribution is 2.43. The number of sulfonamides is 6. The van der Waals surface area contributed by atoms with Gasteiger partial charge in [-0.15, -0.1) is 47.2 Å². The number of nitrogens with one attached hydrogen (secondary N) is 1. The lowest BCUT2D eigenvalue weighted by molar-refractivity contribution is 0.403. The molecular weight excluding hydrogens is 1630 g/mol. The van der Waals surface area contributed by atoms with Crippen LogP contribution in [0, 0.1) is 17.8 Å². The number of methoxy groups -OCH3 is 1. The van der Waals surface area contributed by atoms with Gasteiger partial charge in [0.15, 0.2) is 34.8 Å². The van der Waals surface area contributed by atoms with Crippen LogP contribution in [0.5, 0.6) is 17.2 Å². The van der Waals surface area contributed by atoms with Gasteiger partial charge in [-0.05, 0) is 126 Å². The van der Waals surface area contributed by atoms with Gasteiger partial charge in [-0.3, -0.25) is 27.3 Å². The fourth-order valence-corrected chi connectivity index (χ4v) is 18.6. The van der Waals surface area contributed by atoms with Crippen molar-refractivity contribution in [1.82, 2.24) is 29.3 Å². The van der Waals surface area contributed by atoms with Crippen molar-refractivity contribution in [2.24, 2.45) is 30.9 Å². The van der Waals surface area contributed by atoms with E-state index in [9.17, 15) is 75.1 Å². The van der Waals surface area contributed by atoms with Gasteiger partial charge in [-0.25, -0.2) is 39.3 Å². The maximum absolute atomic E-state index is 13.8. The molecule has 0 radical (unpaired) electrons. The molecule has 3 aliphatic heterocycles. The molecule has 12 rings (SSSR count). The van der Waals surface area contributed by atoms with Crippen molar-refractivity contribution >= 4 is 146 Å². The van der Waals surface area contributed by atoms with Crippen molar-refractivity contribution in [2.75, 3.05) is 89.1 Å². The van der Waals surface area contributed by atoms with Gasteiger partial charge in [0.25, 0.3) is 46.7 Å². The maximum atomic E-state index is 13.8. The Morgan fingerprint density at radius 1 is 0.482 bits per heavy atom. The van der Waals surface area contributed by atoms with E-state index in [2.05, 4.69) is 33.8 Å². The number of fused-ring (bicyclic) bond motifs is 3. The Kier molecular flexibility index (Phi) is 25.6. The van der Waals surface area contributed by atoms with Crippen molar-refractivity contribution < 1.29 is 65.5 Å². The highest BCUT2D eigenvalue weighted by Gasteiger charge is 2.39. The Morgan fingerprint density at radius 3 is 1.18 bits per heavy atom. The predicted molar refractivity (Wildman–Crippen MR) is 441 cm³/mol. The summed E-state index contributed by atoms with van der Waals surface area (Å²) in [6, 6.07) is 23.1. The molecule has 42 heteroatoms. The van der Waals surface area contributed by atoms with Crippen LogP contribution in [-0.4, -0.2) is 169 Å². The number of rotatable bonds is 22. The van der Waals surface area contributed by atoms with Crippen LogP contribution in [0.4, 0.5) is 34.1 Å². The van der Waals surface area contributed by atoms with Crippen molar-refractivity contribution in [2.45, 2.75) is 103 Å². The van der Waals surface area contributed by atoms with Crippen LogP contribution < -0.4 is 49.4 Å². The predicted octanol–water partition coefficient (Wildman–Crippen LogP) is 9.03. The number of nitrogens with zero attached hydrogens (tertiary/aromatic N) is 14. The Hall–Kier alpha value is -9.69. The van der Waals surface area contributed by atoms with Crippen LogP contribution in [0.25, 0.3) is 31.7 Å². The lowest BCUT2D eigenvalue weighted by Gasteiger charge is -2.29. The maximum Gasteiger partial charge on any atom is 0.286 e. The Labute approximate surface area is 662 Å². The van der Waals surface area contributed by atoms with Gasteiger partial charge in [-0.1, -0.05) is 67.2 Å². The monoisotopic (exact) mass is 1710 g/mol. The molecule has 9 heterocycles. The number of benzene rings is 3. The number of hydrogen-bond acceptors (Lipinski definition) is 27. The lowest BCUT2D eigenvalue weighted by Crippen LogP contribution is -2.40. The van der Waals surface area contributed by atoms with Crippen LogP contribution in [0.2, 0.25) is 0 Å². The summed E-state index contributed by atoms with van der Waals surface area (Å²) < 4.78 is 175. The highest BCUT2D eigenvalue weighted by molar-refractivity contribution is 7.93. The van der Waals surface area contributed by atoms with Gasteiger partial charge in [0.2, 0.25) is 30.1 Å². The van der Waals surface area contributed by atoms with E-state index in [1.165, 1.54) is 148 Å². The second-order valence-corrected chi connectivity index (χ2v) is 40.7. The number of anilines is 6. The fourth-order valence-electron chi connectivity index (χ4n) is 11.3. The molecule has 0 amide bonds. The standard InChI is InChI=1S/C24H29N5O6S3.C23H27N5O6S3.C22H25N5O6S3.CH4/c1-15(2)11-12-29-24(30)20(22(35-5)21(25-29)18-8-7-13-36-18)23-26-38(33,34)19-14-16(28(4)37(6,31)32)9-10-17(19)27(23)3;1-14(2)10-11-28-23(30)19(21(29)20(24-28)17-7-6-12-35-17)22-25-37(33,34)18-13-15(27(4)36(5,31)32)8-9-16(18)26(22)3;1-13(2)9-10-27-22(29)18(20(28)19(24-27)16-6-5-11-34-16)21-23-15-8-7-14(26(3)35(4,30)31)12-17(15)36(32,33)25-21;/h7-10,13-15H,11-12H2,1-6H3;6-9,12-14,29H,10-11H2,1-5H3;5-8,11-13,28H,9-10H2,1-4H3,(H,23,25);1H4. The zero-order chi connectivity index (χ0) is 81.7. The molecule has 3 N–H and O–H groups in total.